The number of carbonyl (C=O) groups is 2. The smallest absolute Gasteiger partial charge is 0.336 e. The highest BCUT2D eigenvalue weighted by Crippen LogP contribution is 2.39. The Morgan fingerprint density at radius 3 is 1.98 bits per heavy atom. The van der Waals surface area contributed by atoms with Gasteiger partial charge in [0.25, 0.3) is 0 Å². The van der Waals surface area contributed by atoms with Crippen molar-refractivity contribution in [3.05, 3.63) is 118 Å². The Morgan fingerprint density at radius 1 is 0.854 bits per heavy atom. The van der Waals surface area contributed by atoms with Gasteiger partial charge in [-0.25, -0.2) is 9.59 Å². The molecule has 8 heteroatoms. The van der Waals surface area contributed by atoms with Gasteiger partial charge in [0.1, 0.15) is 12.4 Å². The molecular weight excluding hydrogens is 518 g/mol. The quantitative estimate of drug-likeness (QED) is 0.383. The van der Waals surface area contributed by atoms with E-state index >= 15 is 0 Å². The first-order valence-electron chi connectivity index (χ1n) is 14.0. The van der Waals surface area contributed by atoms with E-state index in [0.29, 0.717) is 34.8 Å². The van der Waals surface area contributed by atoms with Crippen molar-refractivity contribution in [2.45, 2.75) is 25.8 Å². The van der Waals surface area contributed by atoms with Crippen LogP contribution in [0, 0.1) is 0 Å². The summed E-state index contributed by atoms with van der Waals surface area (Å²) < 4.78 is 16.5. The summed E-state index contributed by atoms with van der Waals surface area (Å²) >= 11 is 0. The predicted molar refractivity (Wildman–Crippen MR) is 156 cm³/mol. The number of piperazine rings is 1. The maximum absolute atomic E-state index is 13.4. The van der Waals surface area contributed by atoms with Crippen LogP contribution in [-0.4, -0.2) is 68.2 Å². The average Bonchev–Trinajstić information content (AvgIpc) is 3.53. The van der Waals surface area contributed by atoms with E-state index in [1.165, 1.54) is 24.5 Å². The van der Waals surface area contributed by atoms with Crippen molar-refractivity contribution in [3.63, 3.8) is 0 Å². The van der Waals surface area contributed by atoms with Crippen LogP contribution in [0.5, 0.6) is 0 Å². The number of carbonyl (C=O) groups excluding carboxylic acids is 2. The lowest BCUT2D eigenvalue weighted by Crippen LogP contribution is -2.48. The highest BCUT2D eigenvalue weighted by molar-refractivity contribution is 5.99. The Hall–Kier alpha value is -4.14. The summed E-state index contributed by atoms with van der Waals surface area (Å²) in [5.41, 5.74) is 4.50. The van der Waals surface area contributed by atoms with Gasteiger partial charge in [0.15, 0.2) is 0 Å². The van der Waals surface area contributed by atoms with Crippen LogP contribution in [0.15, 0.2) is 106 Å². The Balaban J connectivity index is 1.21. The maximum Gasteiger partial charge on any atom is 0.336 e. The molecule has 0 aliphatic carbocycles. The van der Waals surface area contributed by atoms with Crippen LogP contribution in [0.4, 0.5) is 0 Å². The fraction of sp³-hybridized carbons (Fsp3) is 0.333. The fourth-order valence-electron chi connectivity index (χ4n) is 5.86. The van der Waals surface area contributed by atoms with Gasteiger partial charge in [0.05, 0.1) is 36.5 Å². The monoisotopic (exact) mass is 555 g/mol. The summed E-state index contributed by atoms with van der Waals surface area (Å²) in [6.07, 6.45) is 1.53. The molecule has 2 aromatic carbocycles. The lowest BCUT2D eigenvalue weighted by Gasteiger charge is -2.39. The number of nitrogens with zero attached hydrogens (tertiary/aromatic N) is 2. The van der Waals surface area contributed by atoms with Gasteiger partial charge >= 0.3 is 11.9 Å². The number of ether oxygens (including phenoxy) is 2. The lowest BCUT2D eigenvalue weighted by atomic mass is 9.83. The Kier molecular flexibility index (Phi) is 9.01. The van der Waals surface area contributed by atoms with Crippen LogP contribution in [0.25, 0.3) is 0 Å². The van der Waals surface area contributed by atoms with Gasteiger partial charge in [0.2, 0.25) is 0 Å². The molecule has 214 valence electrons. The van der Waals surface area contributed by atoms with Crippen molar-refractivity contribution in [1.82, 2.24) is 15.1 Å². The third kappa shape index (κ3) is 6.29. The van der Waals surface area contributed by atoms with Gasteiger partial charge in [-0.2, -0.15) is 0 Å². The Labute approximate surface area is 241 Å². The van der Waals surface area contributed by atoms with E-state index in [1.807, 2.05) is 0 Å². The largest absolute Gasteiger partial charge is 0.468 e. The zero-order valence-corrected chi connectivity index (χ0v) is 23.8. The van der Waals surface area contributed by atoms with E-state index in [1.54, 1.807) is 26.0 Å². The molecular formula is C33H37N3O5. The van der Waals surface area contributed by atoms with Gasteiger partial charge in [-0.3, -0.25) is 9.80 Å². The number of hydrogen-bond donors (Lipinski definition) is 1. The third-order valence-corrected chi connectivity index (χ3v) is 7.86. The summed E-state index contributed by atoms with van der Waals surface area (Å²) in [4.78, 5) is 30.9. The SMILES string of the molecule is COC(=O)C1=C(C)NC(C)=C(C(=O)OCCN2CCN(C(c3ccccc3)c3ccccc3)CC2)C1c1ccco1. The number of esters is 2. The Morgan fingerprint density at radius 2 is 1.44 bits per heavy atom. The van der Waals surface area contributed by atoms with E-state index in [9.17, 15) is 9.59 Å². The lowest BCUT2D eigenvalue weighted by molar-refractivity contribution is -0.140. The summed E-state index contributed by atoms with van der Waals surface area (Å²) in [6, 6.07) is 24.9. The molecule has 2 aliphatic rings. The van der Waals surface area contributed by atoms with E-state index in [4.69, 9.17) is 13.9 Å². The van der Waals surface area contributed by atoms with Crippen LogP contribution in [-0.2, 0) is 19.1 Å². The van der Waals surface area contributed by atoms with Gasteiger partial charge in [-0.05, 0) is 37.1 Å². The van der Waals surface area contributed by atoms with Gasteiger partial charge in [0, 0.05) is 44.1 Å². The molecule has 1 fully saturated rings. The molecule has 8 nitrogen and oxygen atoms in total. The molecule has 1 N–H and O–H groups in total. The van der Waals surface area contributed by atoms with Gasteiger partial charge < -0.3 is 19.2 Å². The molecule has 2 aliphatic heterocycles. The number of methoxy groups -OCH3 is 1. The first-order chi connectivity index (χ1) is 20.0. The number of benzene rings is 2. The van der Waals surface area contributed by atoms with Crippen molar-refractivity contribution < 1.29 is 23.5 Å². The summed E-state index contributed by atoms with van der Waals surface area (Å²) in [5.74, 6) is -1.21. The summed E-state index contributed by atoms with van der Waals surface area (Å²) in [7, 11) is 1.33. The molecule has 0 saturated carbocycles. The second-order valence-corrected chi connectivity index (χ2v) is 10.4. The number of nitrogens with one attached hydrogen (secondary N) is 1. The molecule has 1 aromatic heterocycles. The summed E-state index contributed by atoms with van der Waals surface area (Å²) in [6.45, 7) is 8.03. The van der Waals surface area contributed by atoms with E-state index in [-0.39, 0.29) is 12.6 Å². The first kappa shape index (κ1) is 28.4. The van der Waals surface area contributed by atoms with Crippen molar-refractivity contribution >= 4 is 11.9 Å². The topological polar surface area (TPSA) is 84.2 Å². The predicted octanol–water partition coefficient (Wildman–Crippen LogP) is 4.64. The van der Waals surface area contributed by atoms with Crippen molar-refractivity contribution in [1.29, 1.82) is 0 Å². The zero-order chi connectivity index (χ0) is 28.8. The van der Waals surface area contributed by atoms with Crippen LogP contribution in [0.1, 0.15) is 42.7 Å². The van der Waals surface area contributed by atoms with Crippen molar-refractivity contribution in [3.8, 4) is 0 Å². The third-order valence-electron chi connectivity index (χ3n) is 7.86. The molecule has 0 radical (unpaired) electrons. The van der Waals surface area contributed by atoms with Crippen molar-refractivity contribution in [2.75, 3.05) is 46.4 Å². The van der Waals surface area contributed by atoms with Gasteiger partial charge in [-0.15, -0.1) is 0 Å². The number of hydrogen-bond acceptors (Lipinski definition) is 8. The van der Waals surface area contributed by atoms with Gasteiger partial charge in [-0.1, -0.05) is 60.7 Å². The standard InChI is InChI=1S/C33H37N3O5/c1-23-28(32(37)39-3)30(27-15-10-21-40-27)29(24(2)34-23)33(38)41-22-20-35-16-18-36(19-17-35)31(25-11-6-4-7-12-25)26-13-8-5-9-14-26/h4-15,21,30-31,34H,16-20,22H2,1-3H3. The highest BCUT2D eigenvalue weighted by atomic mass is 16.5. The number of allylic oxidation sites excluding steroid dienone is 2. The molecule has 0 spiro atoms. The molecule has 3 aromatic rings. The maximum atomic E-state index is 13.4. The molecule has 0 amide bonds. The van der Waals surface area contributed by atoms with Crippen LogP contribution in [0.3, 0.4) is 0 Å². The van der Waals surface area contributed by atoms with E-state index in [0.717, 1.165) is 26.2 Å². The molecule has 1 atom stereocenters. The van der Waals surface area contributed by atoms with Crippen LogP contribution >= 0.6 is 0 Å². The van der Waals surface area contributed by atoms with E-state index < -0.39 is 17.9 Å². The molecule has 41 heavy (non-hydrogen) atoms. The number of furan rings is 1. The fourth-order valence-corrected chi connectivity index (χ4v) is 5.86. The normalized spacial score (nSPS) is 18.4. The first-order valence-corrected chi connectivity index (χ1v) is 14.0. The minimum absolute atomic E-state index is 0.199. The minimum Gasteiger partial charge on any atom is -0.468 e. The second kappa shape index (κ2) is 13.0. The van der Waals surface area contributed by atoms with E-state index in [2.05, 4.69) is 75.8 Å². The Bertz CT molecular complexity index is 1350. The summed E-state index contributed by atoms with van der Waals surface area (Å²) in [5, 5.41) is 3.15. The number of dihydropyridines is 1. The second-order valence-electron chi connectivity index (χ2n) is 10.4. The molecule has 3 heterocycles. The zero-order valence-electron chi connectivity index (χ0n) is 23.8. The molecule has 5 rings (SSSR count). The minimum atomic E-state index is -0.706. The molecule has 0 bridgehead atoms. The van der Waals surface area contributed by atoms with Crippen molar-refractivity contribution in [2.24, 2.45) is 0 Å². The molecule has 1 unspecified atom stereocenters. The van der Waals surface area contributed by atoms with Crippen LogP contribution in [0.2, 0.25) is 0 Å². The van der Waals surface area contributed by atoms with Crippen LogP contribution < -0.4 is 5.32 Å². The highest BCUT2D eigenvalue weighted by Gasteiger charge is 2.39. The molecule has 1 saturated heterocycles. The number of rotatable bonds is 9. The average molecular weight is 556 g/mol.